The number of halogens is 3. The average Bonchev–Trinajstić information content (AvgIpc) is 2.66. The Morgan fingerprint density at radius 1 is 1.07 bits per heavy atom. The molecule has 29 heavy (non-hydrogen) atoms. The Bertz CT molecular complexity index is 1200. The Kier molecular flexibility index (Phi) is 5.68. The maximum atomic E-state index is 14.6. The van der Waals surface area contributed by atoms with E-state index in [2.05, 4.69) is 4.98 Å². The first-order valence-electron chi connectivity index (χ1n) is 8.25. The molecule has 1 heterocycles. The van der Waals surface area contributed by atoms with Crippen LogP contribution in [0.5, 0.6) is 0 Å². The summed E-state index contributed by atoms with van der Waals surface area (Å²) >= 11 is 5.82. The Hall–Kier alpha value is -2.84. The molecule has 150 valence electrons. The minimum Gasteiger partial charge on any atom is -0.477 e. The monoisotopic (exact) mass is 437 g/mol. The van der Waals surface area contributed by atoms with Crippen LogP contribution in [0.4, 0.5) is 8.78 Å². The summed E-state index contributed by atoms with van der Waals surface area (Å²) in [4.78, 5) is 14.9. The number of sulfone groups is 1. The van der Waals surface area contributed by atoms with Gasteiger partial charge in [-0.05, 0) is 66.6 Å². The van der Waals surface area contributed by atoms with Gasteiger partial charge in [0.15, 0.2) is 9.84 Å². The van der Waals surface area contributed by atoms with Crippen molar-refractivity contribution in [3.05, 3.63) is 93.8 Å². The smallest absolute Gasteiger partial charge is 0.354 e. The molecule has 1 atom stereocenters. The molecule has 3 aromatic rings. The molecule has 1 N–H and O–H groups in total. The number of hydrogen-bond acceptors (Lipinski definition) is 4. The summed E-state index contributed by atoms with van der Waals surface area (Å²) < 4.78 is 55.4. The zero-order chi connectivity index (χ0) is 21.3. The third-order valence-electron chi connectivity index (χ3n) is 4.34. The molecule has 0 saturated carbocycles. The number of hydrogen-bond donors (Lipinski definition) is 1. The van der Waals surface area contributed by atoms with Crippen molar-refractivity contribution in [3.63, 3.8) is 0 Å². The first kappa shape index (κ1) is 20.9. The summed E-state index contributed by atoms with van der Waals surface area (Å²) in [5.74, 6) is -3.15. The lowest BCUT2D eigenvalue weighted by atomic mass is 10.00. The van der Waals surface area contributed by atoms with Gasteiger partial charge in [-0.3, -0.25) is 0 Å². The third kappa shape index (κ3) is 4.13. The summed E-state index contributed by atoms with van der Waals surface area (Å²) in [7, 11) is -4.31. The Balaban J connectivity index is 2.34. The van der Waals surface area contributed by atoms with Crippen molar-refractivity contribution in [2.45, 2.75) is 17.1 Å². The first-order chi connectivity index (χ1) is 13.6. The minimum atomic E-state index is -4.31. The summed E-state index contributed by atoms with van der Waals surface area (Å²) in [5.41, 5.74) is -0.567. The highest BCUT2D eigenvalue weighted by Crippen LogP contribution is 2.38. The minimum absolute atomic E-state index is 0.0168. The molecular formula is C20H14ClF2NO4S. The van der Waals surface area contributed by atoms with Gasteiger partial charge >= 0.3 is 5.97 Å². The predicted molar refractivity (Wildman–Crippen MR) is 103 cm³/mol. The summed E-state index contributed by atoms with van der Waals surface area (Å²) in [6.45, 7) is 1.51. The number of carbonyl (C=O) groups is 1. The van der Waals surface area contributed by atoms with Crippen molar-refractivity contribution in [2.75, 3.05) is 0 Å². The second kappa shape index (κ2) is 7.88. The Morgan fingerprint density at radius 3 is 2.34 bits per heavy atom. The van der Waals surface area contributed by atoms with E-state index in [-0.39, 0.29) is 10.5 Å². The number of pyridine rings is 1. The maximum Gasteiger partial charge on any atom is 0.354 e. The van der Waals surface area contributed by atoms with Crippen LogP contribution >= 0.6 is 11.6 Å². The van der Waals surface area contributed by atoms with Crippen LogP contribution in [-0.2, 0) is 9.84 Å². The number of aromatic nitrogens is 1. The van der Waals surface area contributed by atoms with Crippen molar-refractivity contribution >= 4 is 27.4 Å². The lowest BCUT2D eigenvalue weighted by Gasteiger charge is -2.21. The molecule has 1 unspecified atom stereocenters. The zero-order valence-corrected chi connectivity index (χ0v) is 16.5. The normalized spacial score (nSPS) is 12.6. The number of carboxylic acids is 1. The van der Waals surface area contributed by atoms with Gasteiger partial charge in [0.1, 0.15) is 22.6 Å². The molecule has 3 rings (SSSR count). The van der Waals surface area contributed by atoms with E-state index in [0.717, 1.165) is 24.3 Å². The van der Waals surface area contributed by atoms with Crippen LogP contribution in [0.1, 0.15) is 32.4 Å². The fourth-order valence-electron chi connectivity index (χ4n) is 2.92. The molecule has 9 heteroatoms. The molecular weight excluding hydrogens is 424 g/mol. The highest BCUT2D eigenvalue weighted by Gasteiger charge is 2.35. The van der Waals surface area contributed by atoms with E-state index in [4.69, 9.17) is 11.6 Å². The lowest BCUT2D eigenvalue weighted by Crippen LogP contribution is -2.19. The SMILES string of the molecule is Cc1cnc(C(=O)O)cc1C(c1cc(F)ccc1F)S(=O)(=O)c1ccc(Cl)cc1. The largest absolute Gasteiger partial charge is 0.477 e. The van der Waals surface area contributed by atoms with E-state index < -0.39 is 43.9 Å². The van der Waals surface area contributed by atoms with Crippen molar-refractivity contribution < 1.29 is 27.1 Å². The summed E-state index contributed by atoms with van der Waals surface area (Å²) in [6, 6.07) is 8.74. The molecule has 0 fully saturated rings. The van der Waals surface area contributed by atoms with Crippen LogP contribution in [0.15, 0.2) is 59.6 Å². The van der Waals surface area contributed by atoms with Gasteiger partial charge in [-0.1, -0.05) is 11.6 Å². The van der Waals surface area contributed by atoms with E-state index in [1.165, 1.54) is 37.4 Å². The van der Waals surface area contributed by atoms with E-state index in [0.29, 0.717) is 10.6 Å². The van der Waals surface area contributed by atoms with Gasteiger partial charge in [-0.25, -0.2) is 27.0 Å². The van der Waals surface area contributed by atoms with Crippen LogP contribution < -0.4 is 0 Å². The second-order valence-corrected chi connectivity index (χ2v) is 8.75. The van der Waals surface area contributed by atoms with Crippen molar-refractivity contribution in [2.24, 2.45) is 0 Å². The molecule has 0 aliphatic carbocycles. The quantitative estimate of drug-likeness (QED) is 0.631. The van der Waals surface area contributed by atoms with Crippen LogP contribution in [-0.4, -0.2) is 24.5 Å². The number of aryl methyl sites for hydroxylation is 1. The molecule has 0 saturated heterocycles. The van der Waals surface area contributed by atoms with Gasteiger partial charge in [-0.15, -0.1) is 0 Å². The van der Waals surface area contributed by atoms with E-state index >= 15 is 0 Å². The molecule has 5 nitrogen and oxygen atoms in total. The van der Waals surface area contributed by atoms with Gasteiger partial charge in [0, 0.05) is 16.8 Å². The van der Waals surface area contributed by atoms with E-state index in [1.54, 1.807) is 0 Å². The average molecular weight is 438 g/mol. The molecule has 2 aromatic carbocycles. The number of aromatic carboxylic acids is 1. The highest BCUT2D eigenvalue weighted by atomic mass is 35.5. The van der Waals surface area contributed by atoms with Gasteiger partial charge in [-0.2, -0.15) is 0 Å². The van der Waals surface area contributed by atoms with Crippen molar-refractivity contribution in [1.29, 1.82) is 0 Å². The van der Waals surface area contributed by atoms with Gasteiger partial charge in [0.2, 0.25) is 0 Å². The Labute approximate surface area is 170 Å². The molecule has 0 spiro atoms. The second-order valence-electron chi connectivity index (χ2n) is 6.28. The lowest BCUT2D eigenvalue weighted by molar-refractivity contribution is 0.0690. The van der Waals surface area contributed by atoms with Gasteiger partial charge in [0.05, 0.1) is 4.90 Å². The van der Waals surface area contributed by atoms with Gasteiger partial charge < -0.3 is 5.11 Å². The van der Waals surface area contributed by atoms with Crippen LogP contribution in [0.25, 0.3) is 0 Å². The van der Waals surface area contributed by atoms with Crippen LogP contribution in [0.3, 0.4) is 0 Å². The first-order valence-corrected chi connectivity index (χ1v) is 10.2. The van der Waals surface area contributed by atoms with Gasteiger partial charge in [0.25, 0.3) is 0 Å². The fraction of sp³-hybridized carbons (Fsp3) is 0.100. The standard InChI is InChI=1S/C20H14ClF2NO4S/c1-11-10-24-18(20(25)26)9-15(11)19(16-8-13(22)4-7-17(16)23)29(27,28)14-5-2-12(21)3-6-14/h2-10,19H,1H3,(H,25,26). The highest BCUT2D eigenvalue weighted by molar-refractivity contribution is 7.92. The van der Waals surface area contributed by atoms with E-state index in [9.17, 15) is 27.1 Å². The topological polar surface area (TPSA) is 84.3 Å². The molecule has 0 aliphatic heterocycles. The predicted octanol–water partition coefficient (Wildman–Crippen LogP) is 4.58. The van der Waals surface area contributed by atoms with E-state index in [1.807, 2.05) is 0 Å². The maximum absolute atomic E-state index is 14.6. The molecule has 1 aromatic heterocycles. The summed E-state index contributed by atoms with van der Waals surface area (Å²) in [5, 5.41) is 7.84. The van der Waals surface area contributed by atoms with Crippen LogP contribution in [0.2, 0.25) is 5.02 Å². The van der Waals surface area contributed by atoms with Crippen molar-refractivity contribution in [3.8, 4) is 0 Å². The van der Waals surface area contributed by atoms with Crippen molar-refractivity contribution in [1.82, 2.24) is 4.98 Å². The number of rotatable bonds is 5. The number of carboxylic acid groups (broad SMARTS) is 1. The number of nitrogens with zero attached hydrogens (tertiary/aromatic N) is 1. The number of benzene rings is 2. The molecule has 0 amide bonds. The summed E-state index contributed by atoms with van der Waals surface area (Å²) in [6.07, 6.45) is 1.18. The fourth-order valence-corrected chi connectivity index (χ4v) is 4.93. The molecule has 0 radical (unpaired) electrons. The molecule has 0 bridgehead atoms. The third-order valence-corrected chi connectivity index (χ3v) is 6.65. The zero-order valence-electron chi connectivity index (χ0n) is 14.9. The Morgan fingerprint density at radius 2 is 1.72 bits per heavy atom. The molecule has 0 aliphatic rings. The van der Waals surface area contributed by atoms with Crippen LogP contribution in [0, 0.1) is 18.6 Å².